The summed E-state index contributed by atoms with van der Waals surface area (Å²) in [5, 5.41) is 8.25. The Morgan fingerprint density at radius 2 is 1.76 bits per heavy atom. The van der Waals surface area contributed by atoms with E-state index in [0.29, 0.717) is 17.2 Å². The summed E-state index contributed by atoms with van der Waals surface area (Å²) >= 11 is 1.46. The van der Waals surface area contributed by atoms with Crippen LogP contribution in [0.4, 0.5) is 5.00 Å². The summed E-state index contributed by atoms with van der Waals surface area (Å²) in [4.78, 5) is 12.8. The fourth-order valence-corrected chi connectivity index (χ4v) is 4.44. The van der Waals surface area contributed by atoms with Gasteiger partial charge in [0.05, 0.1) is 6.61 Å². The van der Waals surface area contributed by atoms with Gasteiger partial charge in [-0.15, -0.1) is 11.3 Å². The lowest BCUT2D eigenvalue weighted by Crippen LogP contribution is -2.21. The Hall–Kier alpha value is -3.15. The molecule has 1 atom stereocenters. The zero-order valence-electron chi connectivity index (χ0n) is 16.1. The van der Waals surface area contributed by atoms with Crippen molar-refractivity contribution in [1.82, 2.24) is 0 Å². The third-order valence-electron chi connectivity index (χ3n) is 4.80. The first-order valence-corrected chi connectivity index (χ1v) is 10.4. The summed E-state index contributed by atoms with van der Waals surface area (Å²) < 4.78 is 5.33. The van der Waals surface area contributed by atoms with Crippen LogP contribution in [0.1, 0.15) is 29.0 Å². The average molecular weight is 403 g/mol. The number of benzene rings is 3. The van der Waals surface area contributed by atoms with E-state index in [-0.39, 0.29) is 5.97 Å². The molecule has 29 heavy (non-hydrogen) atoms. The molecule has 0 aliphatic carbocycles. The summed E-state index contributed by atoms with van der Waals surface area (Å²) in [6.45, 7) is 2.12. The smallest absolute Gasteiger partial charge is 0.341 e. The van der Waals surface area contributed by atoms with Crippen molar-refractivity contribution in [2.45, 2.75) is 13.1 Å². The van der Waals surface area contributed by atoms with Gasteiger partial charge in [-0.1, -0.05) is 72.8 Å². The highest BCUT2D eigenvalue weighted by Gasteiger charge is 2.23. The van der Waals surface area contributed by atoms with Gasteiger partial charge < -0.3 is 15.8 Å². The highest BCUT2D eigenvalue weighted by molar-refractivity contribution is 7.15. The first kappa shape index (κ1) is 19.2. The molecule has 3 aromatic carbocycles. The van der Waals surface area contributed by atoms with Crippen molar-refractivity contribution in [2.75, 3.05) is 11.9 Å². The van der Waals surface area contributed by atoms with Crippen LogP contribution in [0.3, 0.4) is 0 Å². The number of hydrogen-bond acceptors (Lipinski definition) is 5. The Morgan fingerprint density at radius 1 is 1.03 bits per heavy atom. The maximum absolute atomic E-state index is 12.8. The fourth-order valence-electron chi connectivity index (χ4n) is 3.44. The summed E-state index contributed by atoms with van der Waals surface area (Å²) in [6.07, 6.45) is -0.462. The lowest BCUT2D eigenvalue weighted by molar-refractivity contribution is 0.0529. The molecule has 5 heteroatoms. The molecule has 0 radical (unpaired) electrons. The number of hydrogen-bond donors (Lipinski definition) is 2. The summed E-state index contributed by atoms with van der Waals surface area (Å²) in [7, 11) is 0. The van der Waals surface area contributed by atoms with Crippen LogP contribution in [0.25, 0.3) is 21.9 Å². The van der Waals surface area contributed by atoms with Gasteiger partial charge in [0.15, 0.2) is 0 Å². The average Bonchev–Trinajstić information content (AvgIpc) is 3.17. The van der Waals surface area contributed by atoms with Crippen LogP contribution in [0.2, 0.25) is 0 Å². The third kappa shape index (κ3) is 3.88. The second kappa shape index (κ2) is 8.47. The van der Waals surface area contributed by atoms with Gasteiger partial charge in [-0.25, -0.2) is 4.79 Å². The number of esters is 1. The Balaban J connectivity index is 1.73. The van der Waals surface area contributed by atoms with Crippen molar-refractivity contribution < 1.29 is 9.53 Å². The van der Waals surface area contributed by atoms with Crippen molar-refractivity contribution in [3.8, 4) is 11.1 Å². The third-order valence-corrected chi connectivity index (χ3v) is 5.71. The number of carbonyl (C=O) groups is 1. The fraction of sp³-hybridized carbons (Fsp3) is 0.125. The number of carbonyl (C=O) groups excluding carboxylic acids is 1. The van der Waals surface area contributed by atoms with E-state index in [2.05, 4.69) is 23.5 Å². The molecule has 0 spiro atoms. The molecule has 146 valence electrons. The van der Waals surface area contributed by atoms with Gasteiger partial charge in [0.25, 0.3) is 0 Å². The van der Waals surface area contributed by atoms with Gasteiger partial charge in [0, 0.05) is 10.9 Å². The molecule has 1 aromatic heterocycles. The predicted octanol–water partition coefficient (Wildman–Crippen LogP) is 5.81. The lowest BCUT2D eigenvalue weighted by Gasteiger charge is -2.18. The molecular weight excluding hydrogens is 380 g/mol. The molecule has 0 saturated heterocycles. The second-order valence-electron chi connectivity index (χ2n) is 6.63. The number of rotatable bonds is 6. The van der Waals surface area contributed by atoms with E-state index in [0.717, 1.165) is 27.5 Å². The second-order valence-corrected chi connectivity index (χ2v) is 7.51. The Morgan fingerprint density at radius 3 is 2.55 bits per heavy atom. The predicted molar refractivity (Wildman–Crippen MR) is 120 cm³/mol. The highest BCUT2D eigenvalue weighted by atomic mass is 32.1. The first-order chi connectivity index (χ1) is 14.2. The Bertz CT molecular complexity index is 1130. The number of nitrogens with two attached hydrogens (primary N) is 1. The molecule has 3 N–H and O–H groups in total. The summed E-state index contributed by atoms with van der Waals surface area (Å²) in [5.41, 5.74) is 9.85. The molecule has 0 aliphatic rings. The van der Waals surface area contributed by atoms with E-state index < -0.39 is 6.17 Å². The van der Waals surface area contributed by atoms with E-state index in [9.17, 15) is 4.79 Å². The molecule has 4 aromatic rings. The lowest BCUT2D eigenvalue weighted by atomic mass is 10.0. The van der Waals surface area contributed by atoms with Gasteiger partial charge in [-0.3, -0.25) is 0 Å². The molecule has 0 saturated carbocycles. The molecule has 4 rings (SSSR count). The molecule has 4 nitrogen and oxygen atoms in total. The van der Waals surface area contributed by atoms with E-state index in [1.165, 1.54) is 11.3 Å². The summed E-state index contributed by atoms with van der Waals surface area (Å²) in [5.74, 6) is -0.347. The maximum Gasteiger partial charge on any atom is 0.341 e. The van der Waals surface area contributed by atoms with Gasteiger partial charge in [-0.05, 0) is 28.8 Å². The topological polar surface area (TPSA) is 64.3 Å². The van der Waals surface area contributed by atoms with E-state index in [4.69, 9.17) is 10.5 Å². The molecule has 0 fully saturated rings. The van der Waals surface area contributed by atoms with Crippen LogP contribution in [-0.2, 0) is 4.74 Å². The Kier molecular flexibility index (Phi) is 5.60. The van der Waals surface area contributed by atoms with Crippen molar-refractivity contribution in [3.63, 3.8) is 0 Å². The number of thiophene rings is 1. The largest absolute Gasteiger partial charge is 0.462 e. The van der Waals surface area contributed by atoms with Crippen LogP contribution >= 0.6 is 11.3 Å². The molecule has 1 unspecified atom stereocenters. The molecular formula is C24H22N2O2S. The van der Waals surface area contributed by atoms with Gasteiger partial charge >= 0.3 is 5.97 Å². The van der Waals surface area contributed by atoms with Crippen LogP contribution in [-0.4, -0.2) is 12.6 Å². The normalized spacial score (nSPS) is 11.9. The van der Waals surface area contributed by atoms with Crippen LogP contribution in [0.15, 0.2) is 78.2 Å². The van der Waals surface area contributed by atoms with Gasteiger partial charge in [0.2, 0.25) is 0 Å². The minimum absolute atomic E-state index is 0.317. The quantitative estimate of drug-likeness (QED) is 0.315. The number of fused-ring (bicyclic) bond motifs is 1. The van der Waals surface area contributed by atoms with Crippen molar-refractivity contribution in [1.29, 1.82) is 0 Å². The Labute approximate surface area is 173 Å². The number of ether oxygens (including phenoxy) is 1. The van der Waals surface area contributed by atoms with Crippen molar-refractivity contribution >= 4 is 33.1 Å². The van der Waals surface area contributed by atoms with Crippen LogP contribution in [0, 0.1) is 0 Å². The van der Waals surface area contributed by atoms with Gasteiger partial charge in [-0.2, -0.15) is 0 Å². The number of anilines is 1. The minimum Gasteiger partial charge on any atom is -0.462 e. The first-order valence-electron chi connectivity index (χ1n) is 9.53. The highest BCUT2D eigenvalue weighted by Crippen LogP contribution is 2.37. The molecule has 0 bridgehead atoms. The van der Waals surface area contributed by atoms with Crippen molar-refractivity contribution in [3.05, 3.63) is 89.3 Å². The van der Waals surface area contributed by atoms with Crippen molar-refractivity contribution in [2.24, 2.45) is 5.73 Å². The molecule has 1 heterocycles. The molecule has 0 aliphatic heterocycles. The zero-order chi connectivity index (χ0) is 20.2. The standard InChI is InChI=1S/C24H22N2O2S/c1-2-28-24(27)21-20(17-9-4-3-5-10-17)15-29-23(21)26-22(25)19-14-8-12-16-11-6-7-13-18(16)19/h3-15,22,26H,2,25H2,1H3. The zero-order valence-corrected chi connectivity index (χ0v) is 16.9. The van der Waals surface area contributed by atoms with Crippen LogP contribution < -0.4 is 11.1 Å². The monoisotopic (exact) mass is 402 g/mol. The summed E-state index contributed by atoms with van der Waals surface area (Å²) in [6, 6.07) is 24.0. The minimum atomic E-state index is -0.462. The SMILES string of the molecule is CCOC(=O)c1c(-c2ccccc2)csc1NC(N)c1cccc2ccccc12. The number of nitrogens with one attached hydrogen (secondary N) is 1. The van der Waals surface area contributed by atoms with E-state index >= 15 is 0 Å². The maximum atomic E-state index is 12.8. The molecule has 0 amide bonds. The van der Waals surface area contributed by atoms with E-state index in [1.54, 1.807) is 6.92 Å². The van der Waals surface area contributed by atoms with Gasteiger partial charge in [0.1, 0.15) is 16.7 Å². The van der Waals surface area contributed by atoms with E-state index in [1.807, 2.05) is 60.0 Å². The van der Waals surface area contributed by atoms with Crippen LogP contribution in [0.5, 0.6) is 0 Å².